The zero-order valence-electron chi connectivity index (χ0n) is 10.0. The van der Waals surface area contributed by atoms with Crippen molar-refractivity contribution < 1.29 is 4.21 Å². The van der Waals surface area contributed by atoms with Crippen molar-refractivity contribution >= 4 is 42.7 Å². The molecule has 2 nitrogen and oxygen atoms in total. The number of halogens is 2. The van der Waals surface area contributed by atoms with Crippen molar-refractivity contribution in [1.82, 2.24) is 5.32 Å². The van der Waals surface area contributed by atoms with E-state index in [1.165, 1.54) is 5.56 Å². The lowest BCUT2D eigenvalue weighted by Gasteiger charge is -2.15. The molecular formula is C12H17Br2NOS. The van der Waals surface area contributed by atoms with Crippen LogP contribution in [0.2, 0.25) is 0 Å². The summed E-state index contributed by atoms with van der Waals surface area (Å²) in [6, 6.07) is 6.41. The standard InChI is InChI=1S/C12H17Br2NOS/c1-3-17(16)7-6-15-9(2)11-5-4-10(13)8-12(11)14/h4-5,8-9,15H,3,6-7H2,1-2H3. The van der Waals surface area contributed by atoms with E-state index in [0.29, 0.717) is 0 Å². The van der Waals surface area contributed by atoms with Crippen LogP contribution in [0.4, 0.5) is 0 Å². The highest BCUT2D eigenvalue weighted by Gasteiger charge is 2.09. The predicted molar refractivity (Wildman–Crippen MR) is 81.8 cm³/mol. The highest BCUT2D eigenvalue weighted by Crippen LogP contribution is 2.26. The minimum Gasteiger partial charge on any atom is -0.309 e. The fourth-order valence-electron chi connectivity index (χ4n) is 1.50. The maximum absolute atomic E-state index is 11.3. The molecule has 0 aliphatic heterocycles. The molecule has 0 aliphatic carbocycles. The Morgan fingerprint density at radius 2 is 2.12 bits per heavy atom. The molecule has 1 aromatic rings. The summed E-state index contributed by atoms with van der Waals surface area (Å²) in [7, 11) is -0.691. The summed E-state index contributed by atoms with van der Waals surface area (Å²) in [5.41, 5.74) is 1.22. The second kappa shape index (κ2) is 7.67. The highest BCUT2D eigenvalue weighted by atomic mass is 79.9. The minimum atomic E-state index is -0.691. The first-order valence-corrected chi connectivity index (χ1v) is 8.65. The lowest BCUT2D eigenvalue weighted by atomic mass is 10.1. The van der Waals surface area contributed by atoms with Gasteiger partial charge >= 0.3 is 0 Å². The molecule has 0 aliphatic rings. The van der Waals surface area contributed by atoms with Gasteiger partial charge in [-0.3, -0.25) is 4.21 Å². The van der Waals surface area contributed by atoms with E-state index in [0.717, 1.165) is 27.0 Å². The molecule has 1 aromatic carbocycles. The largest absolute Gasteiger partial charge is 0.309 e. The van der Waals surface area contributed by atoms with Crippen molar-refractivity contribution in [3.63, 3.8) is 0 Å². The third kappa shape index (κ3) is 5.20. The van der Waals surface area contributed by atoms with Gasteiger partial charge in [-0.25, -0.2) is 0 Å². The Morgan fingerprint density at radius 1 is 1.41 bits per heavy atom. The fraction of sp³-hybridized carbons (Fsp3) is 0.500. The average molecular weight is 383 g/mol. The summed E-state index contributed by atoms with van der Waals surface area (Å²) in [4.78, 5) is 0. The molecule has 5 heteroatoms. The van der Waals surface area contributed by atoms with Crippen LogP contribution in [0.25, 0.3) is 0 Å². The van der Waals surface area contributed by atoms with Gasteiger partial charge < -0.3 is 5.32 Å². The summed E-state index contributed by atoms with van der Waals surface area (Å²) >= 11 is 6.99. The van der Waals surface area contributed by atoms with Crippen molar-refractivity contribution in [2.24, 2.45) is 0 Å². The molecule has 1 rings (SSSR count). The first kappa shape index (κ1) is 15.3. The molecule has 17 heavy (non-hydrogen) atoms. The van der Waals surface area contributed by atoms with Gasteiger partial charge in [0.2, 0.25) is 0 Å². The number of hydrogen-bond donors (Lipinski definition) is 1. The zero-order chi connectivity index (χ0) is 12.8. The molecule has 0 heterocycles. The van der Waals surface area contributed by atoms with Crippen LogP contribution in [-0.2, 0) is 10.8 Å². The lowest BCUT2D eigenvalue weighted by molar-refractivity contribution is 0.594. The van der Waals surface area contributed by atoms with E-state index in [-0.39, 0.29) is 6.04 Å². The maximum Gasteiger partial charge on any atom is 0.0360 e. The normalized spacial score (nSPS) is 14.6. The van der Waals surface area contributed by atoms with E-state index in [1.807, 2.05) is 19.1 Å². The van der Waals surface area contributed by atoms with Crippen LogP contribution < -0.4 is 5.32 Å². The van der Waals surface area contributed by atoms with Crippen LogP contribution >= 0.6 is 31.9 Å². The quantitative estimate of drug-likeness (QED) is 0.813. The first-order chi connectivity index (χ1) is 8.04. The zero-order valence-corrected chi connectivity index (χ0v) is 14.0. The Balaban J connectivity index is 2.52. The summed E-state index contributed by atoms with van der Waals surface area (Å²) < 4.78 is 13.4. The van der Waals surface area contributed by atoms with Crippen LogP contribution in [0.15, 0.2) is 27.1 Å². The molecular weight excluding hydrogens is 366 g/mol. The molecule has 0 fully saturated rings. The van der Waals surface area contributed by atoms with Crippen molar-refractivity contribution in [3.05, 3.63) is 32.7 Å². The molecule has 0 aromatic heterocycles. The van der Waals surface area contributed by atoms with Crippen LogP contribution in [-0.4, -0.2) is 22.3 Å². The number of benzene rings is 1. The topological polar surface area (TPSA) is 29.1 Å². The van der Waals surface area contributed by atoms with E-state index in [4.69, 9.17) is 0 Å². The van der Waals surface area contributed by atoms with Gasteiger partial charge in [-0.15, -0.1) is 0 Å². The van der Waals surface area contributed by atoms with Crippen LogP contribution in [0.3, 0.4) is 0 Å². The minimum absolute atomic E-state index is 0.256. The summed E-state index contributed by atoms with van der Waals surface area (Å²) in [5.74, 6) is 1.45. The summed E-state index contributed by atoms with van der Waals surface area (Å²) in [5, 5.41) is 3.39. The molecule has 0 radical (unpaired) electrons. The van der Waals surface area contributed by atoms with Crippen molar-refractivity contribution in [2.45, 2.75) is 19.9 Å². The van der Waals surface area contributed by atoms with E-state index >= 15 is 0 Å². The molecule has 1 N–H and O–H groups in total. The van der Waals surface area contributed by atoms with E-state index in [1.54, 1.807) is 0 Å². The Hall–Kier alpha value is 0.290. The molecule has 2 unspecified atom stereocenters. The number of nitrogens with one attached hydrogen (secondary N) is 1. The van der Waals surface area contributed by atoms with Crippen molar-refractivity contribution in [1.29, 1.82) is 0 Å². The van der Waals surface area contributed by atoms with E-state index < -0.39 is 10.8 Å². The first-order valence-electron chi connectivity index (χ1n) is 5.58. The van der Waals surface area contributed by atoms with Crippen molar-refractivity contribution in [3.8, 4) is 0 Å². The highest BCUT2D eigenvalue weighted by molar-refractivity contribution is 9.11. The van der Waals surface area contributed by atoms with Gasteiger partial charge in [0.1, 0.15) is 0 Å². The average Bonchev–Trinajstić information content (AvgIpc) is 2.28. The van der Waals surface area contributed by atoms with Crippen LogP contribution in [0.1, 0.15) is 25.5 Å². The van der Waals surface area contributed by atoms with Gasteiger partial charge in [0.15, 0.2) is 0 Å². The van der Waals surface area contributed by atoms with Gasteiger partial charge in [-0.1, -0.05) is 44.8 Å². The molecule has 0 spiro atoms. The van der Waals surface area contributed by atoms with Gasteiger partial charge in [0.25, 0.3) is 0 Å². The summed E-state index contributed by atoms with van der Waals surface area (Å²) in [6.07, 6.45) is 0. The Kier molecular flexibility index (Phi) is 6.92. The monoisotopic (exact) mass is 381 g/mol. The third-order valence-electron chi connectivity index (χ3n) is 2.53. The fourth-order valence-corrected chi connectivity index (χ4v) is 3.52. The molecule has 0 amide bonds. The molecule has 0 saturated heterocycles. The number of hydrogen-bond acceptors (Lipinski definition) is 2. The second-order valence-corrected chi connectivity index (χ2v) is 7.41. The molecule has 96 valence electrons. The molecule has 0 saturated carbocycles. The Labute approximate surface area is 122 Å². The van der Waals surface area contributed by atoms with Crippen LogP contribution in [0.5, 0.6) is 0 Å². The van der Waals surface area contributed by atoms with E-state index in [9.17, 15) is 4.21 Å². The number of rotatable bonds is 6. The van der Waals surface area contributed by atoms with Crippen molar-refractivity contribution in [2.75, 3.05) is 18.1 Å². The van der Waals surface area contributed by atoms with Crippen LogP contribution in [0, 0.1) is 0 Å². The van der Waals surface area contributed by atoms with Gasteiger partial charge in [-0.2, -0.15) is 0 Å². The van der Waals surface area contributed by atoms with Gasteiger partial charge in [0.05, 0.1) is 0 Å². The van der Waals surface area contributed by atoms with E-state index in [2.05, 4.69) is 50.2 Å². The Morgan fingerprint density at radius 3 is 2.71 bits per heavy atom. The van der Waals surface area contributed by atoms with Gasteiger partial charge in [0, 0.05) is 43.8 Å². The van der Waals surface area contributed by atoms with Gasteiger partial charge in [-0.05, 0) is 24.6 Å². The molecule has 0 bridgehead atoms. The predicted octanol–water partition coefficient (Wildman–Crippen LogP) is 3.63. The molecule has 2 atom stereocenters. The lowest BCUT2D eigenvalue weighted by Crippen LogP contribution is -2.24. The SMILES string of the molecule is CCS(=O)CCNC(C)c1ccc(Br)cc1Br. The maximum atomic E-state index is 11.3. The smallest absolute Gasteiger partial charge is 0.0360 e. The third-order valence-corrected chi connectivity index (χ3v) is 5.01. The summed E-state index contributed by atoms with van der Waals surface area (Å²) in [6.45, 7) is 4.85. The Bertz CT molecular complexity index is 398. The second-order valence-electron chi connectivity index (χ2n) is 3.77.